The number of quaternary nitrogens is 1. The van der Waals surface area contributed by atoms with Gasteiger partial charge in [-0.1, -0.05) is 18.2 Å². The molecule has 12 heavy (non-hydrogen) atoms. The zero-order valence-corrected chi connectivity index (χ0v) is 8.81. The Bertz CT molecular complexity index is 149. The van der Waals surface area contributed by atoms with E-state index in [-0.39, 0.29) is 0 Å². The van der Waals surface area contributed by atoms with Crippen molar-refractivity contribution < 1.29 is 14.4 Å². The molecule has 0 aliphatic rings. The van der Waals surface area contributed by atoms with Crippen LogP contribution in [-0.2, 0) is 4.79 Å². The first kappa shape index (κ1) is 14.0. The number of carbonyl (C=O) groups excluding carboxylic acids is 1. The topological polar surface area (TPSA) is 40.1 Å². The van der Waals surface area contributed by atoms with Gasteiger partial charge in [-0.2, -0.15) is 0 Å². The highest BCUT2D eigenvalue weighted by Crippen LogP contribution is 1.89. The number of carboxylic acids is 1. The highest BCUT2D eigenvalue weighted by atomic mass is 35.5. The summed E-state index contributed by atoms with van der Waals surface area (Å²) in [5.41, 5.74) is 0. The molecule has 0 heterocycles. The van der Waals surface area contributed by atoms with E-state index in [1.165, 1.54) is 6.54 Å². The predicted molar refractivity (Wildman–Crippen MR) is 48.6 cm³/mol. The lowest BCUT2D eigenvalue weighted by molar-refractivity contribution is -0.868. The summed E-state index contributed by atoms with van der Waals surface area (Å²) in [5.74, 6) is -1.42. The third kappa shape index (κ3) is 16.2. The van der Waals surface area contributed by atoms with E-state index in [9.17, 15) is 9.90 Å². The molecule has 3 nitrogen and oxygen atoms in total. The van der Waals surface area contributed by atoms with Crippen LogP contribution in [0.25, 0.3) is 0 Å². The normalized spacial score (nSPS) is 9.75. The van der Waals surface area contributed by atoms with Gasteiger partial charge in [0.05, 0.1) is 38.7 Å². The second kappa shape index (κ2) is 6.03. The van der Waals surface area contributed by atoms with E-state index in [1.807, 2.05) is 0 Å². The first-order chi connectivity index (χ1) is 5.20. The lowest BCUT2D eigenvalue weighted by Crippen LogP contribution is -2.33. The molecule has 0 unspecified atom stereocenters. The molecule has 0 spiro atoms. The molecule has 0 radical (unpaired) electrons. The van der Waals surface area contributed by atoms with Crippen LogP contribution >= 0.6 is 11.6 Å². The summed E-state index contributed by atoms with van der Waals surface area (Å²) in [6.45, 7) is 6.25. The maximum absolute atomic E-state index is 9.36. The smallest absolute Gasteiger partial charge is 0.0823 e. The van der Waals surface area contributed by atoms with Crippen molar-refractivity contribution in [3.05, 3.63) is 11.6 Å². The number of carbonyl (C=O) groups is 1. The highest BCUT2D eigenvalue weighted by Gasteiger charge is 1.97. The van der Waals surface area contributed by atoms with E-state index in [0.717, 1.165) is 4.48 Å². The summed E-state index contributed by atoms with van der Waals surface area (Å²) in [7, 11) is 6.54. The van der Waals surface area contributed by atoms with Crippen molar-refractivity contribution in [2.24, 2.45) is 0 Å². The molecule has 4 heteroatoms. The standard InChI is InChI=1S/C5H14N.C3H3ClO2/c1-5-6(2,3)4;1-2(4)3(5)6/h5H2,1-4H3;1H2,(H,5,6)/q+1;/p-1. The summed E-state index contributed by atoms with van der Waals surface area (Å²) in [6.07, 6.45) is 0. The zero-order valence-electron chi connectivity index (χ0n) is 8.06. The van der Waals surface area contributed by atoms with Crippen LogP contribution in [0.3, 0.4) is 0 Å². The molecule has 0 saturated heterocycles. The van der Waals surface area contributed by atoms with Crippen LogP contribution in [0.4, 0.5) is 0 Å². The summed E-state index contributed by atoms with van der Waals surface area (Å²) in [4.78, 5) is 9.36. The Morgan fingerprint density at radius 1 is 1.50 bits per heavy atom. The Kier molecular flexibility index (Phi) is 7.04. The van der Waals surface area contributed by atoms with E-state index < -0.39 is 11.0 Å². The van der Waals surface area contributed by atoms with Crippen LogP contribution in [0.1, 0.15) is 6.92 Å². The maximum atomic E-state index is 9.36. The fourth-order valence-corrected chi connectivity index (χ4v) is 0. The Hall–Kier alpha value is -0.540. The Morgan fingerprint density at radius 3 is 1.67 bits per heavy atom. The summed E-state index contributed by atoms with van der Waals surface area (Å²) >= 11 is 4.76. The molecule has 0 rings (SSSR count). The average molecular weight is 194 g/mol. The molecule has 0 fully saturated rings. The molecule has 0 N–H and O–H groups in total. The molecule has 0 aromatic rings. The van der Waals surface area contributed by atoms with Crippen LogP contribution in [0, 0.1) is 0 Å². The second-order valence-electron chi connectivity index (χ2n) is 3.30. The van der Waals surface area contributed by atoms with Crippen LogP contribution in [0.15, 0.2) is 11.6 Å². The van der Waals surface area contributed by atoms with Crippen molar-refractivity contribution in [2.75, 3.05) is 27.7 Å². The van der Waals surface area contributed by atoms with Crippen molar-refractivity contribution in [3.8, 4) is 0 Å². The van der Waals surface area contributed by atoms with E-state index >= 15 is 0 Å². The number of rotatable bonds is 2. The highest BCUT2D eigenvalue weighted by molar-refractivity contribution is 6.40. The molecule has 0 aliphatic carbocycles. The molecular weight excluding hydrogens is 178 g/mol. The number of halogens is 1. The number of hydrogen-bond acceptors (Lipinski definition) is 2. The first-order valence-corrected chi connectivity index (χ1v) is 3.94. The van der Waals surface area contributed by atoms with Gasteiger partial charge in [0.25, 0.3) is 0 Å². The fraction of sp³-hybridized carbons (Fsp3) is 0.625. The zero-order chi connectivity index (χ0) is 10.4. The third-order valence-electron chi connectivity index (χ3n) is 1.17. The van der Waals surface area contributed by atoms with E-state index in [2.05, 4.69) is 34.6 Å². The van der Waals surface area contributed by atoms with Crippen LogP contribution in [0.2, 0.25) is 0 Å². The van der Waals surface area contributed by atoms with Gasteiger partial charge in [-0.15, -0.1) is 0 Å². The average Bonchev–Trinajstić information content (AvgIpc) is 1.87. The number of aliphatic carboxylic acids is 1. The minimum atomic E-state index is -1.42. The summed E-state index contributed by atoms with van der Waals surface area (Å²) in [6, 6.07) is 0. The molecule has 0 aromatic carbocycles. The Labute approximate surface area is 78.8 Å². The van der Waals surface area contributed by atoms with Crippen molar-refractivity contribution in [3.63, 3.8) is 0 Å². The van der Waals surface area contributed by atoms with Gasteiger partial charge in [0.2, 0.25) is 0 Å². The van der Waals surface area contributed by atoms with Gasteiger partial charge in [0.1, 0.15) is 0 Å². The number of hydrogen-bond donors (Lipinski definition) is 0. The van der Waals surface area contributed by atoms with Gasteiger partial charge in [-0.05, 0) is 6.92 Å². The summed E-state index contributed by atoms with van der Waals surface area (Å²) in [5, 5.41) is 8.89. The molecule has 0 atom stereocenters. The number of carboxylic acid groups (broad SMARTS) is 1. The van der Waals surface area contributed by atoms with Crippen molar-refractivity contribution in [1.29, 1.82) is 0 Å². The minimum absolute atomic E-state index is 0.463. The third-order valence-corrected chi connectivity index (χ3v) is 1.32. The van der Waals surface area contributed by atoms with Crippen LogP contribution in [-0.4, -0.2) is 38.1 Å². The first-order valence-electron chi connectivity index (χ1n) is 3.57. The van der Waals surface area contributed by atoms with Crippen LogP contribution < -0.4 is 5.11 Å². The molecule has 72 valence electrons. The van der Waals surface area contributed by atoms with Gasteiger partial charge in [0.15, 0.2) is 0 Å². The summed E-state index contributed by atoms with van der Waals surface area (Å²) < 4.78 is 1.07. The molecule has 0 aliphatic heterocycles. The molecule has 0 saturated carbocycles. The SMILES string of the molecule is C=C(Cl)C(=O)[O-].CC[N+](C)(C)C. The molecular formula is C8H16ClNO2. The van der Waals surface area contributed by atoms with E-state index in [4.69, 9.17) is 11.6 Å². The van der Waals surface area contributed by atoms with Crippen molar-refractivity contribution >= 4 is 17.6 Å². The Balaban J connectivity index is 0. The molecule has 0 bridgehead atoms. The predicted octanol–water partition coefficient (Wildman–Crippen LogP) is 0.201. The molecule has 0 aromatic heterocycles. The van der Waals surface area contributed by atoms with Gasteiger partial charge in [0, 0.05) is 0 Å². The largest absolute Gasteiger partial charge is 0.544 e. The Morgan fingerprint density at radius 2 is 1.67 bits per heavy atom. The monoisotopic (exact) mass is 193 g/mol. The molecule has 0 amide bonds. The van der Waals surface area contributed by atoms with Gasteiger partial charge in [-0.25, -0.2) is 0 Å². The lowest BCUT2D eigenvalue weighted by atomic mass is 10.6. The van der Waals surface area contributed by atoms with Gasteiger partial charge in [-0.3, -0.25) is 0 Å². The van der Waals surface area contributed by atoms with E-state index in [0.29, 0.717) is 0 Å². The quantitative estimate of drug-likeness (QED) is 0.465. The van der Waals surface area contributed by atoms with Crippen LogP contribution in [0.5, 0.6) is 0 Å². The van der Waals surface area contributed by atoms with Gasteiger partial charge >= 0.3 is 0 Å². The number of nitrogens with zero attached hydrogens (tertiary/aromatic N) is 1. The lowest BCUT2D eigenvalue weighted by Gasteiger charge is -2.20. The van der Waals surface area contributed by atoms with Gasteiger partial charge < -0.3 is 14.4 Å². The van der Waals surface area contributed by atoms with Crippen molar-refractivity contribution in [2.45, 2.75) is 6.92 Å². The van der Waals surface area contributed by atoms with Crippen molar-refractivity contribution in [1.82, 2.24) is 0 Å². The van der Waals surface area contributed by atoms with E-state index in [1.54, 1.807) is 0 Å². The minimum Gasteiger partial charge on any atom is -0.544 e. The second-order valence-corrected chi connectivity index (χ2v) is 3.76. The fourth-order valence-electron chi connectivity index (χ4n) is 0. The maximum Gasteiger partial charge on any atom is 0.0823 e.